The molecule has 4 N–H and O–H groups in total. The zero-order chi connectivity index (χ0) is 23.1. The highest BCUT2D eigenvalue weighted by atomic mass is 35.5. The molecule has 0 amide bonds. The molecule has 194 valence electrons. The maximum absolute atomic E-state index is 14.6. The summed E-state index contributed by atoms with van der Waals surface area (Å²) in [5.41, 5.74) is 13.4. The lowest BCUT2D eigenvalue weighted by atomic mass is 9.90. The highest BCUT2D eigenvalue weighted by Crippen LogP contribution is 2.37. The lowest BCUT2D eigenvalue weighted by Crippen LogP contribution is -2.27. The predicted molar refractivity (Wildman–Crippen MR) is 155 cm³/mol. The normalized spacial score (nSPS) is 13.4. The highest BCUT2D eigenvalue weighted by molar-refractivity contribution is 7.13. The minimum absolute atomic E-state index is 0. The second kappa shape index (κ2) is 12.1. The minimum Gasteiger partial charge on any atom is -0.383 e. The van der Waals surface area contributed by atoms with Crippen molar-refractivity contribution < 1.29 is 4.39 Å². The molecule has 1 aromatic carbocycles. The molecule has 5 aromatic rings. The molecule has 7 nitrogen and oxygen atoms in total. The van der Waals surface area contributed by atoms with Crippen LogP contribution in [-0.2, 0) is 0 Å². The predicted octanol–water partition coefficient (Wildman–Crippen LogP) is 6.26. The van der Waals surface area contributed by atoms with Crippen molar-refractivity contribution in [2.45, 2.75) is 18.8 Å². The summed E-state index contributed by atoms with van der Waals surface area (Å²) >= 11 is 1.51. The van der Waals surface area contributed by atoms with E-state index in [1.165, 1.54) is 17.4 Å². The Morgan fingerprint density at radius 2 is 1.70 bits per heavy atom. The van der Waals surface area contributed by atoms with Gasteiger partial charge in [-0.15, -0.1) is 48.6 Å². The Balaban J connectivity index is 0.00000127. The van der Waals surface area contributed by atoms with Crippen LogP contribution in [0.4, 0.5) is 10.2 Å². The van der Waals surface area contributed by atoms with Crippen LogP contribution in [0.25, 0.3) is 43.6 Å². The third-order valence-electron chi connectivity index (χ3n) is 6.47. The van der Waals surface area contributed by atoms with Crippen molar-refractivity contribution in [3.8, 4) is 32.8 Å². The fraction of sp³-hybridized carbons (Fsp3) is 0.200. The number of H-pyrrole nitrogens is 1. The van der Waals surface area contributed by atoms with Crippen LogP contribution < -0.4 is 11.1 Å². The number of benzene rings is 1. The summed E-state index contributed by atoms with van der Waals surface area (Å²) in [6.07, 6.45) is 9.09. The molecule has 0 spiro atoms. The van der Waals surface area contributed by atoms with Gasteiger partial charge in [0.05, 0.1) is 22.3 Å². The lowest BCUT2D eigenvalue weighted by molar-refractivity contribution is 0.453. The zero-order valence-electron chi connectivity index (χ0n) is 19.5. The Labute approximate surface area is 235 Å². The lowest BCUT2D eigenvalue weighted by Gasteiger charge is -2.22. The molecule has 12 heteroatoms. The summed E-state index contributed by atoms with van der Waals surface area (Å²) in [5.74, 6) is 0.480. The van der Waals surface area contributed by atoms with Gasteiger partial charge in [0.2, 0.25) is 0 Å². The van der Waals surface area contributed by atoms with E-state index in [0.29, 0.717) is 28.4 Å². The number of thiazole rings is 1. The van der Waals surface area contributed by atoms with Gasteiger partial charge in [-0.3, -0.25) is 15.1 Å². The average molecular weight is 581 g/mol. The fourth-order valence-corrected chi connectivity index (χ4v) is 5.35. The first-order chi connectivity index (χ1) is 16.7. The number of nitrogens with one attached hydrogen (secondary N) is 2. The van der Waals surface area contributed by atoms with E-state index in [-0.39, 0.29) is 43.0 Å². The molecule has 0 aliphatic carbocycles. The quantitative estimate of drug-likeness (QED) is 0.232. The zero-order valence-corrected chi connectivity index (χ0v) is 22.7. The summed E-state index contributed by atoms with van der Waals surface area (Å²) in [4.78, 5) is 14.2. The Morgan fingerprint density at radius 3 is 2.46 bits per heavy atom. The maximum Gasteiger partial charge on any atom is 0.132 e. The molecule has 0 unspecified atom stereocenters. The van der Waals surface area contributed by atoms with Gasteiger partial charge in [-0.25, -0.2) is 9.37 Å². The van der Waals surface area contributed by atoms with Crippen molar-refractivity contribution in [3.05, 3.63) is 66.1 Å². The first kappa shape index (κ1) is 28.7. The minimum atomic E-state index is -0.313. The maximum atomic E-state index is 14.6. The molecule has 1 aliphatic heterocycles. The van der Waals surface area contributed by atoms with Gasteiger partial charge in [0.15, 0.2) is 0 Å². The number of aromatic nitrogens is 5. The van der Waals surface area contributed by atoms with Crippen LogP contribution >= 0.6 is 48.6 Å². The number of anilines is 1. The molecule has 37 heavy (non-hydrogen) atoms. The fourth-order valence-electron chi connectivity index (χ4n) is 4.69. The van der Waals surface area contributed by atoms with Gasteiger partial charge in [0, 0.05) is 57.8 Å². The first-order valence-corrected chi connectivity index (χ1v) is 12.0. The Morgan fingerprint density at radius 1 is 0.892 bits per heavy atom. The van der Waals surface area contributed by atoms with Crippen LogP contribution in [0.3, 0.4) is 0 Å². The number of fused-ring (bicyclic) bond motifs is 1. The Kier molecular flexibility index (Phi) is 9.44. The number of nitrogens with two attached hydrogens (primary N) is 1. The number of hydrogen-bond donors (Lipinski definition) is 3. The van der Waals surface area contributed by atoms with Crippen LogP contribution in [0.1, 0.15) is 24.5 Å². The van der Waals surface area contributed by atoms with Gasteiger partial charge in [0.1, 0.15) is 11.6 Å². The number of nitrogens with zero attached hydrogens (tertiary/aromatic N) is 4. The van der Waals surface area contributed by atoms with E-state index in [1.54, 1.807) is 30.2 Å². The van der Waals surface area contributed by atoms with E-state index < -0.39 is 0 Å². The third kappa shape index (κ3) is 5.42. The van der Waals surface area contributed by atoms with Crippen molar-refractivity contribution in [3.63, 3.8) is 0 Å². The summed E-state index contributed by atoms with van der Waals surface area (Å²) in [6, 6.07) is 7.13. The highest BCUT2D eigenvalue weighted by Gasteiger charge is 2.22. The van der Waals surface area contributed by atoms with Crippen molar-refractivity contribution >= 4 is 65.1 Å². The van der Waals surface area contributed by atoms with Crippen LogP contribution in [0, 0.1) is 5.82 Å². The number of pyridine rings is 2. The monoisotopic (exact) mass is 579 g/mol. The van der Waals surface area contributed by atoms with Crippen LogP contribution in [0.5, 0.6) is 0 Å². The number of halogens is 4. The number of hydrogen-bond acceptors (Lipinski definition) is 7. The Hall–Kier alpha value is -2.82. The number of piperidine rings is 1. The van der Waals surface area contributed by atoms with Crippen LogP contribution in [0.15, 0.2) is 54.6 Å². The van der Waals surface area contributed by atoms with Gasteiger partial charge >= 0.3 is 0 Å². The smallest absolute Gasteiger partial charge is 0.132 e. The molecule has 0 saturated carbocycles. The van der Waals surface area contributed by atoms with Crippen molar-refractivity contribution in [2.75, 3.05) is 18.8 Å². The molecule has 1 aliphatic rings. The van der Waals surface area contributed by atoms with Gasteiger partial charge in [-0.1, -0.05) is 0 Å². The van der Waals surface area contributed by atoms with E-state index >= 15 is 0 Å². The molecule has 1 fully saturated rings. The molecule has 0 bridgehead atoms. The number of nitrogen functional groups attached to an aromatic ring is 1. The largest absolute Gasteiger partial charge is 0.383 e. The van der Waals surface area contributed by atoms with Crippen molar-refractivity contribution in [1.82, 2.24) is 30.5 Å². The topological polar surface area (TPSA) is 105 Å². The average Bonchev–Trinajstić information content (AvgIpc) is 3.58. The molecular formula is C25H25Cl3FN7S. The summed E-state index contributed by atoms with van der Waals surface area (Å²) < 4.78 is 14.6. The second-order valence-corrected chi connectivity index (χ2v) is 9.34. The molecule has 5 heterocycles. The van der Waals surface area contributed by atoms with Gasteiger partial charge in [-0.2, -0.15) is 5.10 Å². The molecule has 0 atom stereocenters. The van der Waals surface area contributed by atoms with Gasteiger partial charge in [-0.05, 0) is 55.6 Å². The van der Waals surface area contributed by atoms with E-state index in [0.717, 1.165) is 58.6 Å². The van der Waals surface area contributed by atoms with Crippen LogP contribution in [0.2, 0.25) is 0 Å². The van der Waals surface area contributed by atoms with Crippen LogP contribution in [-0.4, -0.2) is 38.2 Å². The van der Waals surface area contributed by atoms with Gasteiger partial charge in [0.25, 0.3) is 0 Å². The molecule has 0 radical (unpaired) electrons. The van der Waals surface area contributed by atoms with E-state index in [9.17, 15) is 4.39 Å². The molecule has 1 saturated heterocycles. The standard InChI is InChI=1S/C25H22FN7S.3ClH/c26-21-2-1-16(23-12-29-13-34-23)17-8-22(30-10-20(17)21)18-7-15(9-31-25(18)27)19-11-32-33-24(19)14-3-5-28-6-4-14;;;/h1-2,7-14,28H,3-6H2,(H2,27,31)(H,32,33);3*1H. The van der Waals surface area contributed by atoms with Crippen molar-refractivity contribution in [2.24, 2.45) is 0 Å². The second-order valence-electron chi connectivity index (χ2n) is 8.45. The van der Waals surface area contributed by atoms with E-state index in [4.69, 9.17) is 5.73 Å². The summed E-state index contributed by atoms with van der Waals surface area (Å²) in [7, 11) is 0. The van der Waals surface area contributed by atoms with E-state index in [2.05, 4.69) is 30.5 Å². The van der Waals surface area contributed by atoms with Gasteiger partial charge < -0.3 is 11.1 Å². The summed E-state index contributed by atoms with van der Waals surface area (Å²) in [5, 5.41) is 12.2. The first-order valence-electron chi connectivity index (χ1n) is 11.2. The number of aromatic amines is 1. The Bertz CT molecular complexity index is 1490. The summed E-state index contributed by atoms with van der Waals surface area (Å²) in [6.45, 7) is 1.99. The third-order valence-corrected chi connectivity index (χ3v) is 7.27. The molecule has 4 aromatic heterocycles. The SMILES string of the molecule is Cl.Cl.Cl.Nc1ncc(-c2cn[nH]c2C2CCNCC2)cc1-c1cc2c(-c3cncs3)ccc(F)c2cn1. The van der Waals surface area contributed by atoms with E-state index in [1.807, 2.05) is 18.3 Å². The van der Waals surface area contributed by atoms with Crippen molar-refractivity contribution in [1.29, 1.82) is 0 Å². The molecular weight excluding hydrogens is 556 g/mol. The molecule has 6 rings (SSSR count). The number of rotatable bonds is 4.